The molecule has 0 unspecified atom stereocenters. The fourth-order valence-electron chi connectivity index (χ4n) is 4.05. The first-order valence-corrected chi connectivity index (χ1v) is 12.1. The minimum atomic E-state index is -0.727. The van der Waals surface area contributed by atoms with E-state index < -0.39 is 11.7 Å². The Hall–Kier alpha value is -2.92. The number of aryl methyl sites for hydroxylation is 1. The molecule has 0 spiro atoms. The van der Waals surface area contributed by atoms with Crippen LogP contribution >= 0.6 is 23.2 Å². The summed E-state index contributed by atoms with van der Waals surface area (Å²) in [5.41, 5.74) is 3.80. The number of benzene rings is 3. The normalized spacial score (nSPS) is 12.5. The van der Waals surface area contributed by atoms with E-state index in [4.69, 9.17) is 37.7 Å². The van der Waals surface area contributed by atoms with Gasteiger partial charge >= 0.3 is 0 Å². The van der Waals surface area contributed by atoms with E-state index in [0.29, 0.717) is 21.7 Å². The monoisotopic (exact) mass is 507 g/mol. The number of hydrogen-bond acceptors (Lipinski definition) is 4. The quantitative estimate of drug-likeness (QED) is 0.261. The zero-order valence-electron chi connectivity index (χ0n) is 20.4. The molecule has 0 aliphatic carbocycles. The van der Waals surface area contributed by atoms with Gasteiger partial charge in [-0.05, 0) is 105 Å². The van der Waals surface area contributed by atoms with E-state index in [9.17, 15) is 4.79 Å². The summed E-state index contributed by atoms with van der Waals surface area (Å²) in [5.74, 6) is 1.04. The number of nitrogens with zero attached hydrogens (tertiary/aromatic N) is 1. The molecule has 0 aliphatic rings. The van der Waals surface area contributed by atoms with Crippen LogP contribution in [0.1, 0.15) is 44.9 Å². The van der Waals surface area contributed by atoms with E-state index in [1.54, 1.807) is 31.2 Å². The van der Waals surface area contributed by atoms with E-state index in [0.717, 1.165) is 33.2 Å². The Bertz CT molecular complexity index is 1370. The Balaban J connectivity index is 1.92. The van der Waals surface area contributed by atoms with Crippen LogP contribution in [-0.4, -0.2) is 16.4 Å². The molecular weight excluding hydrogens is 481 g/mol. The van der Waals surface area contributed by atoms with Gasteiger partial charge in [-0.15, -0.1) is 0 Å². The molecule has 4 rings (SSSR count). The standard InChI is InChI=1S/C29H27Cl2NO3/c1-17-16-24-23(14-15-25(32-24)34-22-12-10-21(31)11-13-22)27(19-6-8-20(30)9-7-19)26(17)28(18(2)33)35-29(3,4)5/h6-16,28H,1-5H3/t28-/m1/s1. The van der Waals surface area contributed by atoms with Crippen molar-refractivity contribution in [3.8, 4) is 22.8 Å². The maximum atomic E-state index is 12.8. The number of aromatic nitrogens is 1. The Morgan fingerprint density at radius 3 is 2.09 bits per heavy atom. The minimum absolute atomic E-state index is 0.0618. The molecule has 3 aromatic carbocycles. The SMILES string of the molecule is CC(=O)[C@@H](OC(C)(C)C)c1c(C)cc2nc(Oc3ccc(Cl)cc3)ccc2c1-c1ccc(Cl)cc1. The second-order valence-corrected chi connectivity index (χ2v) is 10.4. The van der Waals surface area contributed by atoms with Gasteiger partial charge in [0, 0.05) is 21.5 Å². The van der Waals surface area contributed by atoms with Gasteiger partial charge in [0.2, 0.25) is 5.88 Å². The van der Waals surface area contributed by atoms with Crippen LogP contribution in [0, 0.1) is 6.92 Å². The molecule has 0 saturated carbocycles. The Kier molecular flexibility index (Phi) is 7.18. The summed E-state index contributed by atoms with van der Waals surface area (Å²) in [6.45, 7) is 9.38. The third-order valence-corrected chi connectivity index (χ3v) is 5.99. The topological polar surface area (TPSA) is 48.4 Å². The first kappa shape index (κ1) is 25.2. The first-order chi connectivity index (χ1) is 16.5. The molecule has 6 heteroatoms. The molecule has 35 heavy (non-hydrogen) atoms. The van der Waals surface area contributed by atoms with E-state index in [-0.39, 0.29) is 5.78 Å². The van der Waals surface area contributed by atoms with Gasteiger partial charge in [0.1, 0.15) is 11.9 Å². The number of ether oxygens (including phenoxy) is 2. The predicted octanol–water partition coefficient (Wildman–Crippen LogP) is 8.75. The molecule has 0 N–H and O–H groups in total. The zero-order valence-corrected chi connectivity index (χ0v) is 21.9. The van der Waals surface area contributed by atoms with Gasteiger partial charge in [0.25, 0.3) is 0 Å². The van der Waals surface area contributed by atoms with E-state index in [2.05, 4.69) is 0 Å². The van der Waals surface area contributed by atoms with Gasteiger partial charge in [-0.25, -0.2) is 4.98 Å². The lowest BCUT2D eigenvalue weighted by Crippen LogP contribution is -2.27. The molecule has 0 saturated heterocycles. The summed E-state index contributed by atoms with van der Waals surface area (Å²) in [5, 5.41) is 2.16. The van der Waals surface area contributed by atoms with E-state index in [1.165, 1.54) is 0 Å². The molecule has 0 fully saturated rings. The largest absolute Gasteiger partial charge is 0.439 e. The maximum absolute atomic E-state index is 12.8. The van der Waals surface area contributed by atoms with Crippen molar-refractivity contribution in [1.82, 2.24) is 4.98 Å². The van der Waals surface area contributed by atoms with Crippen LogP contribution in [0.15, 0.2) is 66.7 Å². The lowest BCUT2D eigenvalue weighted by molar-refractivity contribution is -0.138. The van der Waals surface area contributed by atoms with Gasteiger partial charge in [0.15, 0.2) is 5.78 Å². The van der Waals surface area contributed by atoms with Gasteiger partial charge < -0.3 is 9.47 Å². The number of ketones is 1. The Morgan fingerprint density at radius 2 is 1.51 bits per heavy atom. The summed E-state index contributed by atoms with van der Waals surface area (Å²) >= 11 is 12.2. The maximum Gasteiger partial charge on any atom is 0.219 e. The number of carbonyl (C=O) groups is 1. The van der Waals surface area contributed by atoms with Crippen LogP contribution in [0.2, 0.25) is 10.0 Å². The molecule has 4 nitrogen and oxygen atoms in total. The van der Waals surface area contributed by atoms with Crippen molar-refractivity contribution in [2.75, 3.05) is 0 Å². The van der Waals surface area contributed by atoms with Crippen molar-refractivity contribution in [1.29, 1.82) is 0 Å². The Labute approximate surface area is 215 Å². The van der Waals surface area contributed by atoms with Crippen molar-refractivity contribution in [2.45, 2.75) is 46.3 Å². The summed E-state index contributed by atoms with van der Waals surface area (Å²) < 4.78 is 12.2. The predicted molar refractivity (Wildman–Crippen MR) is 143 cm³/mol. The summed E-state index contributed by atoms with van der Waals surface area (Å²) in [4.78, 5) is 17.6. The van der Waals surface area contributed by atoms with Gasteiger partial charge in [-0.3, -0.25) is 4.79 Å². The van der Waals surface area contributed by atoms with Gasteiger partial charge in [-0.1, -0.05) is 35.3 Å². The minimum Gasteiger partial charge on any atom is -0.439 e. The van der Waals surface area contributed by atoms with Crippen molar-refractivity contribution < 1.29 is 14.3 Å². The molecule has 4 aromatic rings. The lowest BCUT2D eigenvalue weighted by atomic mass is 9.87. The third kappa shape index (κ3) is 5.84. The molecule has 1 heterocycles. The van der Waals surface area contributed by atoms with Gasteiger partial charge in [0.05, 0.1) is 11.1 Å². The smallest absolute Gasteiger partial charge is 0.219 e. The van der Waals surface area contributed by atoms with Crippen LogP contribution < -0.4 is 4.74 Å². The number of rotatable bonds is 6. The van der Waals surface area contributed by atoms with Crippen molar-refractivity contribution >= 4 is 39.9 Å². The third-order valence-electron chi connectivity index (χ3n) is 5.49. The zero-order chi connectivity index (χ0) is 25.3. The number of carbonyl (C=O) groups excluding carboxylic acids is 1. The average molecular weight is 508 g/mol. The molecule has 180 valence electrons. The average Bonchev–Trinajstić information content (AvgIpc) is 2.78. The van der Waals surface area contributed by atoms with Crippen molar-refractivity contribution in [2.24, 2.45) is 0 Å². The number of fused-ring (bicyclic) bond motifs is 1. The molecule has 0 aliphatic heterocycles. The molecule has 1 aromatic heterocycles. The second-order valence-electron chi connectivity index (χ2n) is 9.48. The molecule has 0 radical (unpaired) electrons. The number of halogens is 2. The van der Waals surface area contributed by atoms with Gasteiger partial charge in [-0.2, -0.15) is 0 Å². The highest BCUT2D eigenvalue weighted by Crippen LogP contribution is 2.41. The summed E-state index contributed by atoms with van der Waals surface area (Å²) in [7, 11) is 0. The van der Waals surface area contributed by atoms with Crippen LogP contribution in [-0.2, 0) is 9.53 Å². The first-order valence-electron chi connectivity index (χ1n) is 11.3. The van der Waals surface area contributed by atoms with Crippen molar-refractivity contribution in [3.05, 3.63) is 87.9 Å². The summed E-state index contributed by atoms with van der Waals surface area (Å²) in [6.07, 6.45) is -0.727. The van der Waals surface area contributed by atoms with E-state index in [1.807, 2.05) is 70.2 Å². The van der Waals surface area contributed by atoms with Crippen LogP contribution in [0.25, 0.3) is 22.0 Å². The van der Waals surface area contributed by atoms with Crippen LogP contribution in [0.3, 0.4) is 0 Å². The molecule has 0 amide bonds. The number of hydrogen-bond donors (Lipinski definition) is 0. The van der Waals surface area contributed by atoms with Crippen LogP contribution in [0.4, 0.5) is 0 Å². The second kappa shape index (κ2) is 9.98. The molecular formula is C29H27Cl2NO3. The van der Waals surface area contributed by atoms with Crippen LogP contribution in [0.5, 0.6) is 11.6 Å². The number of pyridine rings is 1. The number of Topliss-reactive ketones (excluding diaryl/α,β-unsaturated/α-hetero) is 1. The Morgan fingerprint density at radius 1 is 0.914 bits per heavy atom. The fraction of sp³-hybridized carbons (Fsp3) is 0.241. The van der Waals surface area contributed by atoms with E-state index >= 15 is 0 Å². The fourth-order valence-corrected chi connectivity index (χ4v) is 4.30. The summed E-state index contributed by atoms with van der Waals surface area (Å²) in [6, 6.07) is 20.5. The lowest BCUT2D eigenvalue weighted by Gasteiger charge is -2.29. The highest BCUT2D eigenvalue weighted by atomic mass is 35.5. The van der Waals surface area contributed by atoms with Crippen molar-refractivity contribution in [3.63, 3.8) is 0 Å². The molecule has 1 atom stereocenters. The molecule has 0 bridgehead atoms. The highest BCUT2D eigenvalue weighted by Gasteiger charge is 2.29. The highest BCUT2D eigenvalue weighted by molar-refractivity contribution is 6.30.